The first-order valence-electron chi connectivity index (χ1n) is 14.8. The third-order valence-electron chi connectivity index (χ3n) is 8.08. The first kappa shape index (κ1) is 33.9. The third kappa shape index (κ3) is 6.81. The number of fused-ring (bicyclic) bond motifs is 2. The fourth-order valence-corrected chi connectivity index (χ4v) is 10.8. The van der Waals surface area contributed by atoms with E-state index in [0.717, 1.165) is 11.5 Å². The van der Waals surface area contributed by atoms with Crippen LogP contribution in [-0.4, -0.2) is 6.79 Å². The van der Waals surface area contributed by atoms with Gasteiger partial charge in [-0.25, -0.2) is 0 Å². The Morgan fingerprint density at radius 3 is 1.04 bits per heavy atom. The van der Waals surface area contributed by atoms with Gasteiger partial charge in [-0.05, 0) is 37.1 Å². The van der Waals surface area contributed by atoms with Gasteiger partial charge in [0.05, 0.1) is 0 Å². The Labute approximate surface area is 289 Å². The number of benzene rings is 6. The van der Waals surface area contributed by atoms with Gasteiger partial charge in [-0.3, -0.25) is 0 Å². The van der Waals surface area contributed by atoms with Crippen LogP contribution in [0.15, 0.2) is 158 Å². The van der Waals surface area contributed by atoms with E-state index >= 15 is 0 Å². The molecule has 0 amide bonds. The van der Waals surface area contributed by atoms with Crippen molar-refractivity contribution in [3.63, 3.8) is 0 Å². The predicted molar refractivity (Wildman–Crippen MR) is 195 cm³/mol. The molecule has 46 heavy (non-hydrogen) atoms. The predicted octanol–water partition coefficient (Wildman–Crippen LogP) is 8.14. The fraction of sp³-hybridized carbons (Fsp3) is 0.0750. The zero-order valence-corrected chi connectivity index (χ0v) is 29.9. The van der Waals surface area contributed by atoms with Crippen LogP contribution in [0.2, 0.25) is 0 Å². The van der Waals surface area contributed by atoms with Crippen LogP contribution in [0.1, 0.15) is 25.0 Å². The number of halogens is 1. The van der Waals surface area contributed by atoms with Crippen molar-refractivity contribution in [1.82, 2.24) is 0 Å². The standard InChI is InChI=1S/C39H32OP2.CH2O.ClH.Ru/c1-39(2)33-25-15-27-35(41(29-17-7-3-8-18-29)30-19-9-4-10-20-30)37(33)40-38-34(39)26-16-28-36(38)42(31-21-11-5-12-22-31)32-23-13-6-14-24-32;1-2;;/h3-28H,1-2H3;1H2;1H;/q;;;+1/p-1. The molecule has 1 heterocycles. The average Bonchev–Trinajstić information content (AvgIpc) is 3.13. The summed E-state index contributed by atoms with van der Waals surface area (Å²) in [5, 5.41) is 7.81. The molecule has 6 aromatic rings. The zero-order chi connectivity index (χ0) is 32.5. The second-order valence-corrected chi connectivity index (χ2v) is 15.4. The summed E-state index contributed by atoms with van der Waals surface area (Å²) in [6.07, 6.45) is 0. The average molecular weight is 745 g/mol. The van der Waals surface area contributed by atoms with Crippen LogP contribution < -0.4 is 36.6 Å². The second kappa shape index (κ2) is 15.9. The van der Waals surface area contributed by atoms with Crippen molar-refractivity contribution < 1.29 is 26.8 Å². The van der Waals surface area contributed by atoms with Crippen molar-refractivity contribution in [3.05, 3.63) is 169 Å². The Bertz CT molecular complexity index is 1640. The van der Waals surface area contributed by atoms with Crippen LogP contribution in [0, 0.1) is 0 Å². The Balaban J connectivity index is 0.00000100. The first-order chi connectivity index (χ1) is 22.6. The molecule has 7 rings (SSSR count). The van der Waals surface area contributed by atoms with E-state index in [1.54, 1.807) is 0 Å². The number of hydrogen-bond acceptors (Lipinski definition) is 2. The third-order valence-corrected chi connectivity index (χ3v) is 13.0. The van der Waals surface area contributed by atoms with E-state index < -0.39 is 15.8 Å². The zero-order valence-electron chi connectivity index (χ0n) is 25.7. The van der Waals surface area contributed by atoms with Crippen LogP contribution >= 0.6 is 25.5 Å². The molecule has 6 heteroatoms. The van der Waals surface area contributed by atoms with Crippen molar-refractivity contribution in [2.45, 2.75) is 19.3 Å². The Morgan fingerprint density at radius 2 is 0.761 bits per heavy atom. The van der Waals surface area contributed by atoms with Crippen LogP contribution in [0.25, 0.3) is 0 Å². The Morgan fingerprint density at radius 1 is 0.478 bits per heavy atom. The summed E-state index contributed by atoms with van der Waals surface area (Å²) >= 11 is 1.82. The van der Waals surface area contributed by atoms with Crippen molar-refractivity contribution >= 4 is 64.2 Å². The summed E-state index contributed by atoms with van der Waals surface area (Å²) in [6, 6.07) is 57.2. The summed E-state index contributed by atoms with van der Waals surface area (Å²) in [7, 11) is 2.92. The van der Waals surface area contributed by atoms with Gasteiger partial charge in [0, 0.05) is 27.2 Å². The fourth-order valence-electron chi connectivity index (χ4n) is 6.01. The van der Waals surface area contributed by atoms with Crippen molar-refractivity contribution in [3.8, 4) is 11.5 Å². The summed E-state index contributed by atoms with van der Waals surface area (Å²) in [4.78, 5) is 8.00. The van der Waals surface area contributed by atoms with E-state index in [-0.39, 0.29) is 5.41 Å². The SMILES string of the molecule is C=O.CC1(C)c2cccc(P(c3ccccc3)c3ccccc3)c2Oc2c(P(c3ccccc3)c3ccccc3)cccc21.[Cl][Ru]. The van der Waals surface area contributed by atoms with Gasteiger partial charge in [0.15, 0.2) is 0 Å². The topological polar surface area (TPSA) is 26.3 Å². The van der Waals surface area contributed by atoms with Crippen LogP contribution in [-0.2, 0) is 27.5 Å². The molecular weight excluding hydrogens is 711 g/mol. The van der Waals surface area contributed by atoms with E-state index in [0.29, 0.717) is 0 Å². The Kier molecular flexibility index (Phi) is 11.7. The van der Waals surface area contributed by atoms with Gasteiger partial charge >= 0.3 is 27.0 Å². The molecule has 0 N–H and O–H groups in total. The minimum absolute atomic E-state index is 0.225. The number of ether oxygens (including phenoxy) is 1. The molecule has 0 atom stereocenters. The van der Waals surface area contributed by atoms with Crippen molar-refractivity contribution in [1.29, 1.82) is 0 Å². The number of hydrogen-bond donors (Lipinski definition) is 0. The van der Waals surface area contributed by atoms with Gasteiger partial charge in [0.25, 0.3) is 0 Å². The number of para-hydroxylation sites is 2. The van der Waals surface area contributed by atoms with Gasteiger partial charge in [0.1, 0.15) is 18.3 Å². The van der Waals surface area contributed by atoms with Crippen LogP contribution in [0.4, 0.5) is 0 Å². The molecule has 0 spiro atoms. The number of carbonyl (C=O) groups excluding carboxylic acids is 1. The number of rotatable bonds is 6. The summed E-state index contributed by atoms with van der Waals surface area (Å²) in [5.74, 6) is 2.02. The summed E-state index contributed by atoms with van der Waals surface area (Å²) in [6.45, 7) is 6.70. The molecule has 1 aliphatic heterocycles. The molecule has 1 aliphatic rings. The summed E-state index contributed by atoms with van der Waals surface area (Å²) < 4.78 is 7.26. The molecule has 0 saturated heterocycles. The normalized spacial score (nSPS) is 12.4. The van der Waals surface area contributed by atoms with Gasteiger partial charge in [0.2, 0.25) is 0 Å². The maximum absolute atomic E-state index is 8.00. The van der Waals surface area contributed by atoms with Crippen LogP contribution in [0.5, 0.6) is 11.5 Å². The van der Waals surface area contributed by atoms with Crippen LogP contribution in [0.3, 0.4) is 0 Å². The molecule has 0 fully saturated rings. The molecule has 0 radical (unpaired) electrons. The van der Waals surface area contributed by atoms with E-state index in [4.69, 9.17) is 9.53 Å². The quantitative estimate of drug-likeness (QED) is 0.127. The monoisotopic (exact) mass is 745 g/mol. The maximum atomic E-state index is 8.00. The van der Waals surface area contributed by atoms with Gasteiger partial charge in [-0.15, -0.1) is 0 Å². The van der Waals surface area contributed by atoms with Gasteiger partial charge in [-0.1, -0.05) is 172 Å². The molecule has 0 bridgehead atoms. The molecule has 0 aliphatic carbocycles. The van der Waals surface area contributed by atoms with E-state index in [1.165, 1.54) is 43.0 Å². The van der Waals surface area contributed by atoms with Gasteiger partial charge in [-0.2, -0.15) is 0 Å². The van der Waals surface area contributed by atoms with E-state index in [1.807, 2.05) is 24.1 Å². The first-order valence-corrected chi connectivity index (χ1v) is 19.7. The Hall–Kier alpha value is -3.44. The van der Waals surface area contributed by atoms with Gasteiger partial charge < -0.3 is 9.53 Å². The molecule has 0 unspecified atom stereocenters. The van der Waals surface area contributed by atoms with E-state index in [9.17, 15) is 0 Å². The second-order valence-electron chi connectivity index (χ2n) is 11.0. The molecule has 0 aromatic heterocycles. The minimum atomic E-state index is -0.824. The molecule has 0 saturated carbocycles. The molecule has 231 valence electrons. The van der Waals surface area contributed by atoms with Crippen molar-refractivity contribution in [2.75, 3.05) is 0 Å². The van der Waals surface area contributed by atoms with Crippen molar-refractivity contribution in [2.24, 2.45) is 0 Å². The summed E-state index contributed by atoms with van der Waals surface area (Å²) in [5.41, 5.74) is 2.26. The number of carbonyl (C=O) groups is 1. The molecule has 2 nitrogen and oxygen atoms in total. The molecular formula is C40H34ClO2P2Ru. The molecule has 6 aromatic carbocycles. The van der Waals surface area contributed by atoms with E-state index in [2.05, 4.69) is 181 Å².